The number of carbonyl (C=O) groups excluding carboxylic acids is 1. The Balaban J connectivity index is 1.87. The fraction of sp³-hybridized carbons (Fsp3) is 0.125. The van der Waals surface area contributed by atoms with Crippen molar-refractivity contribution in [2.24, 2.45) is 0 Å². The Kier molecular flexibility index (Phi) is 4.78. The van der Waals surface area contributed by atoms with Crippen molar-refractivity contribution in [2.45, 2.75) is 13.5 Å². The van der Waals surface area contributed by atoms with E-state index in [0.717, 1.165) is 5.56 Å². The molecule has 0 unspecified atom stereocenters. The molecular weight excluding hydrogens is 349 g/mol. The molecule has 0 radical (unpaired) electrons. The number of nitrogens with zero attached hydrogens (tertiary/aromatic N) is 4. The van der Waals surface area contributed by atoms with Gasteiger partial charge in [0.15, 0.2) is 5.82 Å². The third kappa shape index (κ3) is 3.39. The Hall–Kier alpha value is -2.44. The van der Waals surface area contributed by atoms with Crippen LogP contribution in [-0.4, -0.2) is 26.1 Å². The summed E-state index contributed by atoms with van der Waals surface area (Å²) in [4.78, 5) is 12.5. The predicted octanol–water partition coefficient (Wildman–Crippen LogP) is 3.92. The van der Waals surface area contributed by atoms with Gasteiger partial charge in [-0.2, -0.15) is 0 Å². The topological polar surface area (TPSA) is 72.7 Å². The maximum absolute atomic E-state index is 12.5. The SMILES string of the molecule is CCn1nnnc1-c1cccc(C(=O)Nc2ccc(Cl)cc2Cl)c1. The van der Waals surface area contributed by atoms with Crippen molar-refractivity contribution in [1.82, 2.24) is 20.2 Å². The largest absolute Gasteiger partial charge is 0.321 e. The van der Waals surface area contributed by atoms with Gasteiger partial charge in [-0.15, -0.1) is 5.10 Å². The van der Waals surface area contributed by atoms with E-state index in [1.165, 1.54) is 0 Å². The molecule has 0 saturated heterocycles. The van der Waals surface area contributed by atoms with E-state index in [-0.39, 0.29) is 5.91 Å². The minimum absolute atomic E-state index is 0.281. The molecule has 0 atom stereocenters. The van der Waals surface area contributed by atoms with Gasteiger partial charge in [-0.1, -0.05) is 35.3 Å². The number of halogens is 2. The number of aryl methyl sites for hydroxylation is 1. The van der Waals surface area contributed by atoms with E-state index in [1.54, 1.807) is 41.1 Å². The number of tetrazole rings is 1. The quantitative estimate of drug-likeness (QED) is 0.764. The number of rotatable bonds is 4. The number of amides is 1. The fourth-order valence-electron chi connectivity index (χ4n) is 2.21. The van der Waals surface area contributed by atoms with Crippen LogP contribution in [-0.2, 0) is 6.54 Å². The summed E-state index contributed by atoms with van der Waals surface area (Å²) >= 11 is 11.9. The van der Waals surface area contributed by atoms with Crippen molar-refractivity contribution in [2.75, 3.05) is 5.32 Å². The van der Waals surface area contributed by atoms with E-state index >= 15 is 0 Å². The zero-order valence-corrected chi connectivity index (χ0v) is 14.2. The molecule has 24 heavy (non-hydrogen) atoms. The first-order chi connectivity index (χ1) is 11.6. The Bertz CT molecular complexity index is 894. The molecule has 0 aliphatic carbocycles. The van der Waals surface area contributed by atoms with Gasteiger partial charge in [0.25, 0.3) is 5.91 Å². The number of hydrogen-bond donors (Lipinski definition) is 1. The third-order valence-electron chi connectivity index (χ3n) is 3.39. The highest BCUT2D eigenvalue weighted by Gasteiger charge is 2.13. The monoisotopic (exact) mass is 361 g/mol. The molecule has 0 fully saturated rings. The average Bonchev–Trinajstić information content (AvgIpc) is 3.06. The highest BCUT2D eigenvalue weighted by Crippen LogP contribution is 2.26. The van der Waals surface area contributed by atoms with Crippen molar-refractivity contribution >= 4 is 34.8 Å². The van der Waals surface area contributed by atoms with Gasteiger partial charge in [0, 0.05) is 22.7 Å². The molecule has 8 heteroatoms. The molecule has 6 nitrogen and oxygen atoms in total. The lowest BCUT2D eigenvalue weighted by Gasteiger charge is -2.08. The van der Waals surface area contributed by atoms with E-state index in [0.29, 0.717) is 33.7 Å². The first-order valence-corrected chi connectivity index (χ1v) is 7.97. The van der Waals surface area contributed by atoms with E-state index < -0.39 is 0 Å². The van der Waals surface area contributed by atoms with Gasteiger partial charge in [0.2, 0.25) is 0 Å². The summed E-state index contributed by atoms with van der Waals surface area (Å²) in [5.41, 5.74) is 1.73. The minimum Gasteiger partial charge on any atom is -0.321 e. The van der Waals surface area contributed by atoms with Crippen LogP contribution in [0.3, 0.4) is 0 Å². The maximum Gasteiger partial charge on any atom is 0.255 e. The number of nitrogens with one attached hydrogen (secondary N) is 1. The molecule has 1 aromatic heterocycles. The third-order valence-corrected chi connectivity index (χ3v) is 3.94. The molecule has 0 bridgehead atoms. The van der Waals surface area contributed by atoms with Gasteiger partial charge >= 0.3 is 0 Å². The molecule has 0 aliphatic rings. The second-order valence-electron chi connectivity index (χ2n) is 4.98. The molecule has 2 aromatic carbocycles. The number of hydrogen-bond acceptors (Lipinski definition) is 4. The summed E-state index contributed by atoms with van der Waals surface area (Å²) in [6.07, 6.45) is 0. The average molecular weight is 362 g/mol. The molecule has 122 valence electrons. The van der Waals surface area contributed by atoms with Crippen LogP contribution in [0.15, 0.2) is 42.5 Å². The molecule has 1 heterocycles. The highest BCUT2D eigenvalue weighted by atomic mass is 35.5. The van der Waals surface area contributed by atoms with Crippen molar-refractivity contribution in [3.8, 4) is 11.4 Å². The summed E-state index contributed by atoms with van der Waals surface area (Å²) in [5.74, 6) is 0.327. The van der Waals surface area contributed by atoms with Crippen molar-refractivity contribution in [1.29, 1.82) is 0 Å². The van der Waals surface area contributed by atoms with Crippen molar-refractivity contribution in [3.05, 3.63) is 58.1 Å². The van der Waals surface area contributed by atoms with E-state index in [1.807, 2.05) is 13.0 Å². The minimum atomic E-state index is -0.281. The zero-order valence-electron chi connectivity index (χ0n) is 12.7. The lowest BCUT2D eigenvalue weighted by atomic mass is 10.1. The number of carbonyl (C=O) groups is 1. The highest BCUT2D eigenvalue weighted by molar-refractivity contribution is 6.36. The lowest BCUT2D eigenvalue weighted by Crippen LogP contribution is -2.12. The molecule has 3 aromatic rings. The number of benzene rings is 2. The smallest absolute Gasteiger partial charge is 0.255 e. The van der Waals surface area contributed by atoms with Gasteiger partial charge in [-0.05, 0) is 47.7 Å². The molecule has 0 spiro atoms. The van der Waals surface area contributed by atoms with Gasteiger partial charge in [-0.3, -0.25) is 4.79 Å². The Labute approximate surface area is 148 Å². The second kappa shape index (κ2) is 6.98. The normalized spacial score (nSPS) is 10.6. The van der Waals surface area contributed by atoms with E-state index in [2.05, 4.69) is 20.8 Å². The molecule has 0 aliphatic heterocycles. The summed E-state index contributed by atoms with van der Waals surface area (Å²) in [5, 5.41) is 15.2. The standard InChI is InChI=1S/C16H13Cl2N5O/c1-2-23-15(20-21-22-23)10-4-3-5-11(8-10)16(24)19-14-7-6-12(17)9-13(14)18/h3-9H,2H2,1H3,(H,19,24). The van der Waals surface area contributed by atoms with E-state index in [4.69, 9.17) is 23.2 Å². The molecular formula is C16H13Cl2N5O. The van der Waals surface area contributed by atoms with Gasteiger partial charge in [0.05, 0.1) is 10.7 Å². The molecule has 1 amide bonds. The van der Waals surface area contributed by atoms with Crippen LogP contribution in [0, 0.1) is 0 Å². The number of anilines is 1. The number of aromatic nitrogens is 4. The molecule has 0 saturated carbocycles. The Morgan fingerprint density at radius 2 is 2.04 bits per heavy atom. The predicted molar refractivity (Wildman–Crippen MR) is 93.3 cm³/mol. The molecule has 1 N–H and O–H groups in total. The van der Waals surface area contributed by atoms with Crippen LogP contribution in [0.25, 0.3) is 11.4 Å². The van der Waals surface area contributed by atoms with Crippen LogP contribution in [0.2, 0.25) is 10.0 Å². The second-order valence-corrected chi connectivity index (χ2v) is 5.82. The first kappa shape index (κ1) is 16.4. The van der Waals surface area contributed by atoms with Gasteiger partial charge < -0.3 is 5.32 Å². The fourth-order valence-corrected chi connectivity index (χ4v) is 2.66. The Morgan fingerprint density at radius 1 is 1.21 bits per heavy atom. The summed E-state index contributed by atoms with van der Waals surface area (Å²) in [6, 6.07) is 12.0. The van der Waals surface area contributed by atoms with Crippen LogP contribution in [0.1, 0.15) is 17.3 Å². The van der Waals surface area contributed by atoms with E-state index in [9.17, 15) is 4.79 Å². The lowest BCUT2D eigenvalue weighted by molar-refractivity contribution is 0.102. The van der Waals surface area contributed by atoms with Crippen LogP contribution in [0.5, 0.6) is 0 Å². The van der Waals surface area contributed by atoms with Crippen molar-refractivity contribution in [3.63, 3.8) is 0 Å². The zero-order chi connectivity index (χ0) is 17.1. The first-order valence-electron chi connectivity index (χ1n) is 7.21. The summed E-state index contributed by atoms with van der Waals surface area (Å²) < 4.78 is 1.66. The van der Waals surface area contributed by atoms with Gasteiger partial charge in [-0.25, -0.2) is 4.68 Å². The maximum atomic E-state index is 12.5. The van der Waals surface area contributed by atoms with Crippen LogP contribution >= 0.6 is 23.2 Å². The van der Waals surface area contributed by atoms with Gasteiger partial charge in [0.1, 0.15) is 0 Å². The summed E-state index contributed by atoms with van der Waals surface area (Å²) in [6.45, 7) is 2.58. The summed E-state index contributed by atoms with van der Waals surface area (Å²) in [7, 11) is 0. The van der Waals surface area contributed by atoms with Crippen LogP contribution < -0.4 is 5.32 Å². The molecule has 3 rings (SSSR count). The Morgan fingerprint density at radius 3 is 2.79 bits per heavy atom. The van der Waals surface area contributed by atoms with Crippen LogP contribution in [0.4, 0.5) is 5.69 Å². The van der Waals surface area contributed by atoms with Crippen molar-refractivity contribution < 1.29 is 4.79 Å².